The van der Waals surface area contributed by atoms with E-state index in [0.717, 1.165) is 19.4 Å². The van der Waals surface area contributed by atoms with Crippen LogP contribution in [0, 0.1) is 0 Å². The minimum atomic E-state index is -3.55. The van der Waals surface area contributed by atoms with E-state index in [0.29, 0.717) is 12.1 Å². The van der Waals surface area contributed by atoms with Crippen molar-refractivity contribution in [3.8, 4) is 0 Å². The number of likely N-dealkylation sites (N-methyl/N-ethyl adjacent to an activating group) is 1. The Morgan fingerprint density at radius 1 is 1.38 bits per heavy atom. The number of sulfonamides is 1. The Morgan fingerprint density at radius 3 is 2.62 bits per heavy atom. The van der Waals surface area contributed by atoms with E-state index >= 15 is 0 Å². The summed E-state index contributed by atoms with van der Waals surface area (Å²) in [6.07, 6.45) is 1.70. The molecule has 116 valence electrons. The van der Waals surface area contributed by atoms with Gasteiger partial charge in [-0.15, -0.1) is 0 Å². The van der Waals surface area contributed by atoms with Crippen LogP contribution in [0.25, 0.3) is 0 Å². The predicted octanol–water partition coefficient (Wildman–Crippen LogP) is 0.686. The van der Waals surface area contributed by atoms with Crippen molar-refractivity contribution in [2.45, 2.75) is 30.2 Å². The van der Waals surface area contributed by atoms with Crippen LogP contribution >= 0.6 is 0 Å². The minimum Gasteiger partial charge on any atom is -0.481 e. The molecule has 2 N–H and O–H groups in total. The van der Waals surface area contributed by atoms with E-state index in [4.69, 9.17) is 5.11 Å². The van der Waals surface area contributed by atoms with Gasteiger partial charge in [0.2, 0.25) is 10.0 Å². The molecule has 1 unspecified atom stereocenters. The van der Waals surface area contributed by atoms with Crippen molar-refractivity contribution in [1.82, 2.24) is 9.62 Å². The van der Waals surface area contributed by atoms with E-state index in [1.165, 1.54) is 24.3 Å². The molecule has 21 heavy (non-hydrogen) atoms. The van der Waals surface area contributed by atoms with Crippen molar-refractivity contribution in [3.63, 3.8) is 0 Å². The number of carboxylic acid groups (broad SMARTS) is 1. The van der Waals surface area contributed by atoms with Gasteiger partial charge in [-0.3, -0.25) is 4.79 Å². The van der Waals surface area contributed by atoms with Gasteiger partial charge in [-0.25, -0.2) is 13.1 Å². The highest BCUT2D eigenvalue weighted by Gasteiger charge is 2.23. The normalized spacial score (nSPS) is 20.3. The highest BCUT2D eigenvalue weighted by atomic mass is 32.2. The molecule has 1 aliphatic rings. The number of benzene rings is 1. The first-order chi connectivity index (χ1) is 9.87. The average molecular weight is 312 g/mol. The minimum absolute atomic E-state index is 0.0764. The molecule has 0 amide bonds. The number of piperidine rings is 1. The summed E-state index contributed by atoms with van der Waals surface area (Å²) in [5, 5.41) is 8.70. The molecule has 0 aliphatic carbocycles. The van der Waals surface area contributed by atoms with Crippen LogP contribution in [0.15, 0.2) is 29.2 Å². The number of hydrogen-bond acceptors (Lipinski definition) is 4. The first-order valence-corrected chi connectivity index (χ1v) is 8.37. The third kappa shape index (κ3) is 4.52. The van der Waals surface area contributed by atoms with Gasteiger partial charge in [0.1, 0.15) is 0 Å². The molecule has 7 heteroatoms. The molecule has 2 rings (SSSR count). The Balaban J connectivity index is 2.06. The highest BCUT2D eigenvalue weighted by Crippen LogP contribution is 2.15. The van der Waals surface area contributed by atoms with E-state index in [1.807, 2.05) is 7.05 Å². The molecule has 0 spiro atoms. The fourth-order valence-corrected chi connectivity index (χ4v) is 3.77. The van der Waals surface area contributed by atoms with Crippen LogP contribution in [0.3, 0.4) is 0 Å². The van der Waals surface area contributed by atoms with Crippen LogP contribution < -0.4 is 4.72 Å². The van der Waals surface area contributed by atoms with Gasteiger partial charge in [-0.2, -0.15) is 0 Å². The Kier molecular flexibility index (Phi) is 4.97. The summed E-state index contributed by atoms with van der Waals surface area (Å²) in [6, 6.07) is 5.90. The van der Waals surface area contributed by atoms with Crippen LogP contribution in [-0.2, 0) is 21.2 Å². The topological polar surface area (TPSA) is 86.7 Å². The monoisotopic (exact) mass is 312 g/mol. The van der Waals surface area contributed by atoms with Crippen LogP contribution in [0.1, 0.15) is 18.4 Å². The summed E-state index contributed by atoms with van der Waals surface area (Å²) in [5.74, 6) is -0.936. The molecule has 1 aliphatic heterocycles. The highest BCUT2D eigenvalue weighted by molar-refractivity contribution is 7.89. The maximum Gasteiger partial charge on any atom is 0.307 e. The zero-order valence-electron chi connectivity index (χ0n) is 11.9. The van der Waals surface area contributed by atoms with Gasteiger partial charge < -0.3 is 10.0 Å². The lowest BCUT2D eigenvalue weighted by atomic mass is 10.1. The molecule has 1 aromatic rings. The van der Waals surface area contributed by atoms with Gasteiger partial charge in [0.15, 0.2) is 0 Å². The van der Waals surface area contributed by atoms with E-state index < -0.39 is 16.0 Å². The summed E-state index contributed by atoms with van der Waals surface area (Å²) in [6.45, 7) is 1.69. The molecule has 6 nitrogen and oxygen atoms in total. The maximum atomic E-state index is 12.3. The lowest BCUT2D eigenvalue weighted by molar-refractivity contribution is -0.136. The number of carboxylic acids is 1. The Bertz CT molecular complexity index is 598. The van der Waals surface area contributed by atoms with Crippen LogP contribution in [0.2, 0.25) is 0 Å². The second-order valence-corrected chi connectivity index (χ2v) is 7.15. The first-order valence-electron chi connectivity index (χ1n) is 6.88. The fourth-order valence-electron chi connectivity index (χ4n) is 2.51. The number of aliphatic carboxylic acids is 1. The molecule has 1 aromatic carbocycles. The van der Waals surface area contributed by atoms with E-state index in [-0.39, 0.29) is 17.4 Å². The molecule has 0 bridgehead atoms. The maximum absolute atomic E-state index is 12.3. The van der Waals surface area contributed by atoms with Gasteiger partial charge in [0.25, 0.3) is 0 Å². The van der Waals surface area contributed by atoms with Crippen LogP contribution in [-0.4, -0.2) is 50.6 Å². The van der Waals surface area contributed by atoms with Gasteiger partial charge in [0, 0.05) is 12.6 Å². The summed E-state index contributed by atoms with van der Waals surface area (Å²) < 4.78 is 27.3. The third-order valence-electron chi connectivity index (χ3n) is 3.54. The summed E-state index contributed by atoms with van der Waals surface area (Å²) >= 11 is 0. The molecule has 0 aromatic heterocycles. The van der Waals surface area contributed by atoms with Gasteiger partial charge in [-0.05, 0) is 44.1 Å². The standard InChI is InChI=1S/C14H20N2O4S/c1-16-8-2-3-12(10-16)15-21(19,20)13-6-4-11(5-7-13)9-14(17)18/h4-7,12,15H,2-3,8-10H2,1H3,(H,17,18). The van der Waals surface area contributed by atoms with Gasteiger partial charge in [-0.1, -0.05) is 12.1 Å². The summed E-state index contributed by atoms with van der Waals surface area (Å²) in [5.41, 5.74) is 0.582. The second kappa shape index (κ2) is 6.55. The molecular weight excluding hydrogens is 292 g/mol. The van der Waals surface area contributed by atoms with Crippen LogP contribution in [0.5, 0.6) is 0 Å². The van der Waals surface area contributed by atoms with Crippen LogP contribution in [0.4, 0.5) is 0 Å². The smallest absolute Gasteiger partial charge is 0.307 e. The average Bonchev–Trinajstić information content (AvgIpc) is 2.38. The van der Waals surface area contributed by atoms with Crippen molar-refractivity contribution in [2.24, 2.45) is 0 Å². The first kappa shape index (κ1) is 15.9. The number of nitrogens with one attached hydrogen (secondary N) is 1. The number of likely N-dealkylation sites (tertiary alicyclic amines) is 1. The molecule has 1 heterocycles. The summed E-state index contributed by atoms with van der Waals surface area (Å²) in [7, 11) is -1.58. The van der Waals surface area contributed by atoms with Crippen molar-refractivity contribution < 1.29 is 18.3 Å². The molecule has 0 radical (unpaired) electrons. The molecule has 1 saturated heterocycles. The fraction of sp³-hybridized carbons (Fsp3) is 0.500. The third-order valence-corrected chi connectivity index (χ3v) is 5.07. The van der Waals surface area contributed by atoms with E-state index in [2.05, 4.69) is 9.62 Å². The Hall–Kier alpha value is -1.44. The molecule has 1 fully saturated rings. The van der Waals surface area contributed by atoms with Crippen molar-refractivity contribution in [3.05, 3.63) is 29.8 Å². The quantitative estimate of drug-likeness (QED) is 0.835. The van der Waals surface area contributed by atoms with Crippen molar-refractivity contribution >= 4 is 16.0 Å². The number of rotatable bonds is 5. The Morgan fingerprint density at radius 2 is 2.05 bits per heavy atom. The van der Waals surface area contributed by atoms with Crippen molar-refractivity contribution in [1.29, 1.82) is 0 Å². The number of hydrogen-bond donors (Lipinski definition) is 2. The predicted molar refractivity (Wildman–Crippen MR) is 78.6 cm³/mol. The number of carbonyl (C=O) groups is 1. The SMILES string of the molecule is CN1CCCC(NS(=O)(=O)c2ccc(CC(=O)O)cc2)C1. The summed E-state index contributed by atoms with van der Waals surface area (Å²) in [4.78, 5) is 12.9. The zero-order chi connectivity index (χ0) is 15.5. The van der Waals surface area contributed by atoms with Crippen molar-refractivity contribution in [2.75, 3.05) is 20.1 Å². The largest absolute Gasteiger partial charge is 0.481 e. The van der Waals surface area contributed by atoms with E-state index in [1.54, 1.807) is 0 Å². The zero-order valence-corrected chi connectivity index (χ0v) is 12.8. The van der Waals surface area contributed by atoms with Gasteiger partial charge >= 0.3 is 5.97 Å². The number of nitrogens with zero attached hydrogens (tertiary/aromatic N) is 1. The van der Waals surface area contributed by atoms with E-state index in [9.17, 15) is 13.2 Å². The lowest BCUT2D eigenvalue weighted by Crippen LogP contribution is -2.46. The lowest BCUT2D eigenvalue weighted by Gasteiger charge is -2.29. The molecular formula is C14H20N2O4S. The Labute approximate surface area is 124 Å². The van der Waals surface area contributed by atoms with Gasteiger partial charge in [0.05, 0.1) is 11.3 Å². The molecule has 1 atom stereocenters. The second-order valence-electron chi connectivity index (χ2n) is 5.44. The molecule has 0 saturated carbocycles.